The van der Waals surface area contributed by atoms with Gasteiger partial charge in [-0.15, -0.1) is 6.58 Å². The molecule has 1 aromatic heterocycles. The van der Waals surface area contributed by atoms with E-state index < -0.39 is 0 Å². The Morgan fingerprint density at radius 1 is 1.58 bits per heavy atom. The van der Waals surface area contributed by atoms with Crippen LogP contribution < -0.4 is 10.6 Å². The summed E-state index contributed by atoms with van der Waals surface area (Å²) in [7, 11) is 1.69. The lowest BCUT2D eigenvalue weighted by Gasteiger charge is -2.07. The Morgan fingerprint density at radius 3 is 3.00 bits per heavy atom. The Bertz CT molecular complexity index is 416. The Balaban J connectivity index is 2.47. The fourth-order valence-electron chi connectivity index (χ4n) is 1.38. The molecule has 0 fully saturated rings. The number of aliphatic imine (C=N–C) groups is 1. The van der Waals surface area contributed by atoms with Crippen molar-refractivity contribution >= 4 is 5.96 Å². The SMILES string of the molecule is C=CCNC(=NC)NCc1nc(C(C)OCC)no1. The van der Waals surface area contributed by atoms with Gasteiger partial charge in [-0.25, -0.2) is 0 Å². The van der Waals surface area contributed by atoms with Gasteiger partial charge in [-0.05, 0) is 13.8 Å². The van der Waals surface area contributed by atoms with E-state index in [0.717, 1.165) is 0 Å². The van der Waals surface area contributed by atoms with Crippen LogP contribution in [0, 0.1) is 0 Å². The molecule has 0 saturated carbocycles. The number of aromatic nitrogens is 2. The van der Waals surface area contributed by atoms with Crippen LogP contribution in [0.1, 0.15) is 31.7 Å². The molecule has 0 spiro atoms. The molecule has 0 amide bonds. The molecule has 1 rings (SSSR count). The second kappa shape index (κ2) is 8.25. The van der Waals surface area contributed by atoms with Crippen LogP contribution in [0.2, 0.25) is 0 Å². The first kappa shape index (κ1) is 15.2. The molecule has 0 aliphatic heterocycles. The molecule has 1 aromatic rings. The van der Waals surface area contributed by atoms with E-state index in [1.54, 1.807) is 13.1 Å². The summed E-state index contributed by atoms with van der Waals surface area (Å²) in [4.78, 5) is 8.29. The fraction of sp³-hybridized carbons (Fsp3) is 0.583. The average Bonchev–Trinajstić information content (AvgIpc) is 2.88. The Hall–Kier alpha value is -1.89. The molecule has 1 atom stereocenters. The van der Waals surface area contributed by atoms with Gasteiger partial charge < -0.3 is 19.9 Å². The number of rotatable bonds is 7. The first-order chi connectivity index (χ1) is 9.21. The molecular formula is C12H21N5O2. The molecule has 19 heavy (non-hydrogen) atoms. The summed E-state index contributed by atoms with van der Waals surface area (Å²) in [5, 5.41) is 9.98. The molecule has 0 aliphatic rings. The molecule has 2 N–H and O–H groups in total. The Morgan fingerprint density at radius 2 is 2.37 bits per heavy atom. The van der Waals surface area contributed by atoms with Crippen LogP contribution in [0.5, 0.6) is 0 Å². The van der Waals surface area contributed by atoms with E-state index in [2.05, 4.69) is 32.3 Å². The predicted octanol–water partition coefficient (Wildman–Crippen LogP) is 1.02. The third-order valence-electron chi connectivity index (χ3n) is 2.31. The summed E-state index contributed by atoms with van der Waals surface area (Å²) in [5.41, 5.74) is 0. The van der Waals surface area contributed by atoms with Gasteiger partial charge in [0.2, 0.25) is 5.89 Å². The maximum Gasteiger partial charge on any atom is 0.246 e. The molecule has 7 nitrogen and oxygen atoms in total. The molecule has 1 unspecified atom stereocenters. The molecule has 0 radical (unpaired) electrons. The standard InChI is InChI=1S/C12H21N5O2/c1-5-7-14-12(13-4)15-8-10-16-11(17-19-10)9(3)18-6-2/h5,9H,1,6-8H2,2-4H3,(H2,13,14,15). The third-order valence-corrected chi connectivity index (χ3v) is 2.31. The second-order valence-electron chi connectivity index (χ2n) is 3.74. The topological polar surface area (TPSA) is 84.6 Å². The molecule has 0 aliphatic carbocycles. The van der Waals surface area contributed by atoms with Crippen molar-refractivity contribution in [2.24, 2.45) is 4.99 Å². The number of hydrogen-bond donors (Lipinski definition) is 2. The van der Waals surface area contributed by atoms with Gasteiger partial charge in [-0.3, -0.25) is 4.99 Å². The molecule has 7 heteroatoms. The zero-order chi connectivity index (χ0) is 14.1. The second-order valence-corrected chi connectivity index (χ2v) is 3.74. The molecule has 1 heterocycles. The molecular weight excluding hydrogens is 246 g/mol. The van der Waals surface area contributed by atoms with E-state index in [1.165, 1.54) is 0 Å². The van der Waals surface area contributed by atoms with Gasteiger partial charge in [0.25, 0.3) is 0 Å². The number of ether oxygens (including phenoxy) is 1. The van der Waals surface area contributed by atoms with Crippen molar-refractivity contribution in [2.45, 2.75) is 26.5 Å². The normalized spacial score (nSPS) is 13.1. The van der Waals surface area contributed by atoms with E-state index >= 15 is 0 Å². The molecule has 106 valence electrons. The maximum atomic E-state index is 5.39. The van der Waals surface area contributed by atoms with Crippen molar-refractivity contribution < 1.29 is 9.26 Å². The molecule has 0 saturated heterocycles. The summed E-state index contributed by atoms with van der Waals surface area (Å²) < 4.78 is 10.5. The predicted molar refractivity (Wildman–Crippen MR) is 72.7 cm³/mol. The first-order valence-corrected chi connectivity index (χ1v) is 6.20. The monoisotopic (exact) mass is 267 g/mol. The van der Waals surface area contributed by atoms with Crippen LogP contribution in [-0.2, 0) is 11.3 Å². The van der Waals surface area contributed by atoms with Crippen LogP contribution >= 0.6 is 0 Å². The van der Waals surface area contributed by atoms with Gasteiger partial charge in [0.15, 0.2) is 11.8 Å². The largest absolute Gasteiger partial charge is 0.371 e. The summed E-state index contributed by atoms with van der Waals surface area (Å²) in [6.45, 7) is 9.09. The summed E-state index contributed by atoms with van der Waals surface area (Å²) in [6.07, 6.45) is 1.59. The Kier molecular flexibility index (Phi) is 6.59. The quantitative estimate of drug-likeness (QED) is 0.436. The van der Waals surface area contributed by atoms with E-state index in [1.807, 2.05) is 13.8 Å². The highest BCUT2D eigenvalue weighted by Gasteiger charge is 2.13. The summed E-state index contributed by atoms with van der Waals surface area (Å²) in [5.74, 6) is 1.69. The van der Waals surface area contributed by atoms with Gasteiger partial charge in [0.1, 0.15) is 6.10 Å². The van der Waals surface area contributed by atoms with Crippen molar-refractivity contribution in [3.8, 4) is 0 Å². The van der Waals surface area contributed by atoms with E-state index in [0.29, 0.717) is 37.4 Å². The van der Waals surface area contributed by atoms with Crippen molar-refractivity contribution in [2.75, 3.05) is 20.2 Å². The van der Waals surface area contributed by atoms with Gasteiger partial charge in [0, 0.05) is 20.2 Å². The van der Waals surface area contributed by atoms with Crippen LogP contribution in [0.15, 0.2) is 22.2 Å². The zero-order valence-electron chi connectivity index (χ0n) is 11.6. The minimum Gasteiger partial charge on any atom is -0.371 e. The number of hydrogen-bond acceptors (Lipinski definition) is 5. The average molecular weight is 267 g/mol. The van der Waals surface area contributed by atoms with Crippen LogP contribution in [-0.4, -0.2) is 36.3 Å². The van der Waals surface area contributed by atoms with Gasteiger partial charge in [0.05, 0.1) is 6.54 Å². The van der Waals surface area contributed by atoms with Crippen LogP contribution in [0.3, 0.4) is 0 Å². The summed E-state index contributed by atoms with van der Waals surface area (Å²) >= 11 is 0. The lowest BCUT2D eigenvalue weighted by molar-refractivity contribution is 0.0683. The van der Waals surface area contributed by atoms with Crippen molar-refractivity contribution in [3.63, 3.8) is 0 Å². The highest BCUT2D eigenvalue weighted by Crippen LogP contribution is 2.12. The lowest BCUT2D eigenvalue weighted by atomic mass is 10.4. The minimum atomic E-state index is -0.166. The zero-order valence-corrected chi connectivity index (χ0v) is 11.6. The van der Waals surface area contributed by atoms with E-state index in [-0.39, 0.29) is 6.10 Å². The molecule has 0 bridgehead atoms. The van der Waals surface area contributed by atoms with Gasteiger partial charge in [-0.1, -0.05) is 11.2 Å². The van der Waals surface area contributed by atoms with Gasteiger partial charge in [-0.2, -0.15) is 4.98 Å². The smallest absolute Gasteiger partial charge is 0.246 e. The van der Waals surface area contributed by atoms with Crippen molar-refractivity contribution in [1.29, 1.82) is 0 Å². The lowest BCUT2D eigenvalue weighted by Crippen LogP contribution is -2.36. The van der Waals surface area contributed by atoms with Crippen LogP contribution in [0.25, 0.3) is 0 Å². The number of guanidine groups is 1. The molecule has 0 aromatic carbocycles. The van der Waals surface area contributed by atoms with Crippen LogP contribution in [0.4, 0.5) is 0 Å². The van der Waals surface area contributed by atoms with Crippen molar-refractivity contribution in [3.05, 3.63) is 24.4 Å². The van der Waals surface area contributed by atoms with E-state index in [4.69, 9.17) is 9.26 Å². The van der Waals surface area contributed by atoms with Gasteiger partial charge >= 0.3 is 0 Å². The summed E-state index contributed by atoms with van der Waals surface area (Å²) in [6, 6.07) is 0. The Labute approximate surface area is 113 Å². The fourth-order valence-corrected chi connectivity index (χ4v) is 1.38. The van der Waals surface area contributed by atoms with Crippen molar-refractivity contribution in [1.82, 2.24) is 20.8 Å². The first-order valence-electron chi connectivity index (χ1n) is 6.20. The minimum absolute atomic E-state index is 0.166. The third kappa shape index (κ3) is 5.09. The number of nitrogens with zero attached hydrogens (tertiary/aromatic N) is 3. The number of nitrogens with one attached hydrogen (secondary N) is 2. The highest BCUT2D eigenvalue weighted by molar-refractivity contribution is 5.79. The maximum absolute atomic E-state index is 5.39. The highest BCUT2D eigenvalue weighted by atomic mass is 16.5. The van der Waals surface area contributed by atoms with E-state index in [9.17, 15) is 0 Å².